The van der Waals surface area contributed by atoms with Crippen molar-refractivity contribution in [2.45, 2.75) is 43.7 Å². The van der Waals surface area contributed by atoms with Gasteiger partial charge in [-0.15, -0.1) is 11.3 Å². The predicted octanol–water partition coefficient (Wildman–Crippen LogP) is 3.48. The minimum Gasteiger partial charge on any atom is -0.353 e. The van der Waals surface area contributed by atoms with Crippen molar-refractivity contribution in [1.29, 1.82) is 0 Å². The topological polar surface area (TPSA) is 54.9 Å². The molecular weight excluding hydrogens is 302 g/mol. The van der Waals surface area contributed by atoms with Crippen molar-refractivity contribution < 1.29 is 4.79 Å². The molecule has 6 heteroatoms. The van der Waals surface area contributed by atoms with Crippen LogP contribution in [0.5, 0.6) is 0 Å². The van der Waals surface area contributed by atoms with Gasteiger partial charge in [-0.1, -0.05) is 18.7 Å². The van der Waals surface area contributed by atoms with Crippen LogP contribution in [0.4, 0.5) is 0 Å². The van der Waals surface area contributed by atoms with Crippen LogP contribution in [-0.4, -0.2) is 27.7 Å². The molecule has 0 bridgehead atoms. The first kappa shape index (κ1) is 14.8. The van der Waals surface area contributed by atoms with E-state index in [2.05, 4.69) is 22.2 Å². The lowest BCUT2D eigenvalue weighted by atomic mass is 9.87. The highest BCUT2D eigenvalue weighted by Gasteiger charge is 2.19. The standard InChI is InChI=1S/C15H19N3OS2/c1-10-2-4-11(5-3-10)18-13(19)8-21-15-12-6-7-20-14(12)16-9-17-15/h6-7,9-11H,2-5,8H2,1H3,(H,18,19). The van der Waals surface area contributed by atoms with Crippen molar-refractivity contribution in [3.8, 4) is 0 Å². The molecule has 0 radical (unpaired) electrons. The Bertz CT molecular complexity index is 620. The third kappa shape index (κ3) is 3.74. The van der Waals surface area contributed by atoms with Crippen molar-refractivity contribution in [2.75, 3.05) is 5.75 Å². The molecule has 2 heterocycles. The van der Waals surface area contributed by atoms with Gasteiger partial charge in [-0.05, 0) is 43.0 Å². The van der Waals surface area contributed by atoms with Gasteiger partial charge in [0.05, 0.1) is 5.75 Å². The Morgan fingerprint density at radius 3 is 3.00 bits per heavy atom. The van der Waals surface area contributed by atoms with Gasteiger partial charge in [0.25, 0.3) is 0 Å². The molecule has 3 rings (SSSR count). The molecule has 1 saturated carbocycles. The van der Waals surface area contributed by atoms with Crippen LogP contribution >= 0.6 is 23.1 Å². The van der Waals surface area contributed by atoms with Crippen molar-refractivity contribution in [3.63, 3.8) is 0 Å². The number of rotatable bonds is 4. The van der Waals surface area contributed by atoms with E-state index in [1.807, 2.05) is 11.4 Å². The molecule has 0 unspecified atom stereocenters. The van der Waals surface area contributed by atoms with Gasteiger partial charge in [0.2, 0.25) is 5.91 Å². The zero-order chi connectivity index (χ0) is 14.7. The van der Waals surface area contributed by atoms with Crippen LogP contribution in [0.1, 0.15) is 32.6 Å². The lowest BCUT2D eigenvalue weighted by Crippen LogP contribution is -2.38. The molecule has 21 heavy (non-hydrogen) atoms. The summed E-state index contributed by atoms with van der Waals surface area (Å²) in [6.07, 6.45) is 6.24. The summed E-state index contributed by atoms with van der Waals surface area (Å²) in [6.45, 7) is 2.29. The van der Waals surface area contributed by atoms with Crippen molar-refractivity contribution in [1.82, 2.24) is 15.3 Å². The van der Waals surface area contributed by atoms with Crippen LogP contribution in [0, 0.1) is 5.92 Å². The van der Waals surface area contributed by atoms with Crippen LogP contribution in [0.15, 0.2) is 22.8 Å². The molecule has 1 amide bonds. The van der Waals surface area contributed by atoms with Gasteiger partial charge in [-0.3, -0.25) is 4.79 Å². The van der Waals surface area contributed by atoms with Gasteiger partial charge in [0.15, 0.2) is 0 Å². The van der Waals surface area contributed by atoms with Crippen LogP contribution in [0.25, 0.3) is 10.2 Å². The highest BCUT2D eigenvalue weighted by molar-refractivity contribution is 8.00. The third-order valence-corrected chi connectivity index (χ3v) is 5.77. The highest BCUT2D eigenvalue weighted by Crippen LogP contribution is 2.28. The number of fused-ring (bicyclic) bond motifs is 1. The molecule has 1 aliphatic rings. The smallest absolute Gasteiger partial charge is 0.230 e. The predicted molar refractivity (Wildman–Crippen MR) is 87.7 cm³/mol. The SMILES string of the molecule is CC1CCC(NC(=O)CSc2ncnc3sccc23)CC1. The molecule has 0 atom stereocenters. The van der Waals surface area contributed by atoms with Crippen molar-refractivity contribution in [2.24, 2.45) is 5.92 Å². The van der Waals surface area contributed by atoms with Gasteiger partial charge >= 0.3 is 0 Å². The number of carbonyl (C=O) groups is 1. The largest absolute Gasteiger partial charge is 0.353 e. The highest BCUT2D eigenvalue weighted by atomic mass is 32.2. The summed E-state index contributed by atoms with van der Waals surface area (Å²) in [5.74, 6) is 1.34. The fraction of sp³-hybridized carbons (Fsp3) is 0.533. The molecule has 1 aliphatic carbocycles. The van der Waals surface area contributed by atoms with Crippen LogP contribution in [0.3, 0.4) is 0 Å². The number of amides is 1. The minimum absolute atomic E-state index is 0.113. The van der Waals surface area contributed by atoms with Crippen LogP contribution in [0.2, 0.25) is 0 Å². The molecule has 0 saturated heterocycles. The lowest BCUT2D eigenvalue weighted by molar-refractivity contribution is -0.119. The molecule has 4 nitrogen and oxygen atoms in total. The summed E-state index contributed by atoms with van der Waals surface area (Å²) in [5.41, 5.74) is 0. The molecular formula is C15H19N3OS2. The average molecular weight is 321 g/mol. The Labute approximate surface area is 132 Å². The first-order valence-corrected chi connectivity index (χ1v) is 9.19. The molecule has 0 spiro atoms. The summed E-state index contributed by atoms with van der Waals surface area (Å²) in [4.78, 5) is 21.6. The number of hydrogen-bond donors (Lipinski definition) is 1. The fourth-order valence-electron chi connectivity index (χ4n) is 2.69. The molecule has 1 N–H and O–H groups in total. The molecule has 112 valence electrons. The monoisotopic (exact) mass is 321 g/mol. The Balaban J connectivity index is 1.53. The molecule has 1 fully saturated rings. The first-order valence-electron chi connectivity index (χ1n) is 7.32. The quantitative estimate of drug-likeness (QED) is 0.692. The van der Waals surface area contributed by atoms with E-state index in [1.54, 1.807) is 17.7 Å². The van der Waals surface area contributed by atoms with E-state index in [1.165, 1.54) is 24.6 Å². The molecule has 2 aromatic heterocycles. The Hall–Kier alpha value is -1.14. The maximum absolute atomic E-state index is 12.1. The van der Waals surface area contributed by atoms with Crippen LogP contribution in [-0.2, 0) is 4.79 Å². The number of thioether (sulfide) groups is 1. The van der Waals surface area contributed by atoms with E-state index in [0.717, 1.165) is 34.0 Å². The molecule has 2 aromatic rings. The number of nitrogens with one attached hydrogen (secondary N) is 1. The summed E-state index contributed by atoms with van der Waals surface area (Å²) in [7, 11) is 0. The zero-order valence-electron chi connectivity index (χ0n) is 12.0. The number of nitrogens with zero attached hydrogens (tertiary/aromatic N) is 2. The van der Waals surface area contributed by atoms with Gasteiger partial charge in [-0.2, -0.15) is 0 Å². The summed E-state index contributed by atoms with van der Waals surface area (Å²) < 4.78 is 0. The van der Waals surface area contributed by atoms with Crippen LogP contribution < -0.4 is 5.32 Å². The lowest BCUT2D eigenvalue weighted by Gasteiger charge is -2.26. The average Bonchev–Trinajstić information content (AvgIpc) is 2.96. The Morgan fingerprint density at radius 2 is 2.19 bits per heavy atom. The summed E-state index contributed by atoms with van der Waals surface area (Å²) in [6, 6.07) is 2.38. The number of hydrogen-bond acceptors (Lipinski definition) is 5. The second-order valence-corrected chi connectivity index (χ2v) is 7.49. The molecule has 0 aliphatic heterocycles. The maximum atomic E-state index is 12.1. The summed E-state index contributed by atoms with van der Waals surface area (Å²) >= 11 is 3.09. The second kappa shape index (κ2) is 6.75. The van der Waals surface area contributed by atoms with Gasteiger partial charge in [0.1, 0.15) is 16.2 Å². The van der Waals surface area contributed by atoms with Gasteiger partial charge < -0.3 is 5.32 Å². The third-order valence-electron chi connectivity index (χ3n) is 3.95. The van der Waals surface area contributed by atoms with E-state index < -0.39 is 0 Å². The van der Waals surface area contributed by atoms with Gasteiger partial charge in [-0.25, -0.2) is 9.97 Å². The van der Waals surface area contributed by atoms with E-state index in [4.69, 9.17) is 0 Å². The second-order valence-electron chi connectivity index (χ2n) is 5.63. The fourth-order valence-corrected chi connectivity index (χ4v) is 4.28. The molecule has 0 aromatic carbocycles. The number of aromatic nitrogens is 2. The summed E-state index contributed by atoms with van der Waals surface area (Å²) in [5, 5.41) is 7.10. The minimum atomic E-state index is 0.113. The van der Waals surface area contributed by atoms with E-state index in [0.29, 0.717) is 11.8 Å². The van der Waals surface area contributed by atoms with E-state index >= 15 is 0 Å². The van der Waals surface area contributed by atoms with Crippen molar-refractivity contribution in [3.05, 3.63) is 17.8 Å². The van der Waals surface area contributed by atoms with E-state index in [-0.39, 0.29) is 5.91 Å². The number of thiophene rings is 1. The Kier molecular flexibility index (Phi) is 4.75. The first-order chi connectivity index (χ1) is 10.2. The maximum Gasteiger partial charge on any atom is 0.230 e. The van der Waals surface area contributed by atoms with E-state index in [9.17, 15) is 4.79 Å². The van der Waals surface area contributed by atoms with Crippen molar-refractivity contribution >= 4 is 39.2 Å². The normalized spacial score (nSPS) is 22.3. The number of carbonyl (C=O) groups excluding carboxylic acids is 1. The zero-order valence-corrected chi connectivity index (χ0v) is 13.7. The van der Waals surface area contributed by atoms with Gasteiger partial charge in [0, 0.05) is 11.4 Å². The Morgan fingerprint density at radius 1 is 1.38 bits per heavy atom.